The highest BCUT2D eigenvalue weighted by Gasteiger charge is 2.10. The summed E-state index contributed by atoms with van der Waals surface area (Å²) in [5.74, 6) is -0.358. The Morgan fingerprint density at radius 3 is 2.88 bits per heavy atom. The van der Waals surface area contributed by atoms with Crippen LogP contribution in [0.2, 0.25) is 5.02 Å². The van der Waals surface area contributed by atoms with Crippen LogP contribution in [0.1, 0.15) is 30.9 Å². The summed E-state index contributed by atoms with van der Waals surface area (Å²) in [5.41, 5.74) is 0.938. The van der Waals surface area contributed by atoms with Crippen molar-refractivity contribution < 1.29 is 4.39 Å². The van der Waals surface area contributed by atoms with E-state index in [-0.39, 0.29) is 16.9 Å². The average Bonchev–Trinajstić information content (AvgIpc) is 2.29. The fraction of sp³-hybridized carbons (Fsp3) is 0.385. The quantitative estimate of drug-likeness (QED) is 0.584. The summed E-state index contributed by atoms with van der Waals surface area (Å²) >= 11 is 5.65. The van der Waals surface area contributed by atoms with Gasteiger partial charge in [0.2, 0.25) is 0 Å². The minimum Gasteiger partial charge on any atom is -0.313 e. The number of nitrogens with one attached hydrogen (secondary N) is 1. The summed E-state index contributed by atoms with van der Waals surface area (Å²) in [6.45, 7) is 3.68. The molecule has 1 rings (SSSR count). The Bertz CT molecular complexity index is 352. The molecule has 88 valence electrons. The van der Waals surface area contributed by atoms with Crippen molar-refractivity contribution in [3.63, 3.8) is 0 Å². The summed E-state index contributed by atoms with van der Waals surface area (Å²) in [7, 11) is 1.88. The third-order valence-corrected chi connectivity index (χ3v) is 2.90. The van der Waals surface area contributed by atoms with Crippen LogP contribution in [-0.4, -0.2) is 7.05 Å². The van der Waals surface area contributed by atoms with Crippen molar-refractivity contribution in [3.8, 4) is 0 Å². The van der Waals surface area contributed by atoms with Crippen LogP contribution in [0.15, 0.2) is 30.9 Å². The Morgan fingerprint density at radius 2 is 2.31 bits per heavy atom. The second kappa shape index (κ2) is 6.66. The van der Waals surface area contributed by atoms with E-state index in [1.165, 1.54) is 6.07 Å². The zero-order chi connectivity index (χ0) is 12.0. The van der Waals surface area contributed by atoms with Crippen LogP contribution in [0, 0.1) is 5.82 Å². The number of rotatable bonds is 6. The molecular weight excluding hydrogens is 225 g/mol. The fourth-order valence-electron chi connectivity index (χ4n) is 1.67. The number of halogens is 2. The lowest BCUT2D eigenvalue weighted by atomic mass is 10.0. The standard InChI is InChI=1S/C13H17ClFN/c1-3-4-5-6-13(16-2)10-7-8-11(14)12(15)9-10/h3,7-9,13,16H,1,4-6H2,2H3. The summed E-state index contributed by atoms with van der Waals surface area (Å²) in [5, 5.41) is 3.35. The molecule has 0 aliphatic heterocycles. The highest BCUT2D eigenvalue weighted by atomic mass is 35.5. The highest BCUT2D eigenvalue weighted by Crippen LogP contribution is 2.23. The Balaban J connectivity index is 2.70. The molecule has 16 heavy (non-hydrogen) atoms. The van der Waals surface area contributed by atoms with Crippen molar-refractivity contribution >= 4 is 11.6 Å². The maximum Gasteiger partial charge on any atom is 0.142 e. The largest absolute Gasteiger partial charge is 0.313 e. The van der Waals surface area contributed by atoms with Gasteiger partial charge in [-0.25, -0.2) is 4.39 Å². The summed E-state index contributed by atoms with van der Waals surface area (Å²) in [6, 6.07) is 5.13. The summed E-state index contributed by atoms with van der Waals surface area (Å²) in [6.07, 6.45) is 4.88. The first kappa shape index (κ1) is 13.2. The van der Waals surface area contributed by atoms with Gasteiger partial charge in [-0.3, -0.25) is 0 Å². The third-order valence-electron chi connectivity index (χ3n) is 2.60. The van der Waals surface area contributed by atoms with Gasteiger partial charge in [-0.15, -0.1) is 6.58 Å². The van der Waals surface area contributed by atoms with Crippen LogP contribution in [-0.2, 0) is 0 Å². The van der Waals surface area contributed by atoms with Crippen molar-refractivity contribution in [3.05, 3.63) is 47.3 Å². The van der Waals surface area contributed by atoms with Gasteiger partial charge in [-0.2, -0.15) is 0 Å². The second-order valence-electron chi connectivity index (χ2n) is 3.73. The lowest BCUT2D eigenvalue weighted by Gasteiger charge is -2.16. The molecule has 1 nitrogen and oxygen atoms in total. The molecule has 1 unspecified atom stereocenters. The number of hydrogen-bond donors (Lipinski definition) is 1. The number of unbranched alkanes of at least 4 members (excludes halogenated alkanes) is 1. The third kappa shape index (κ3) is 3.62. The van der Waals surface area contributed by atoms with E-state index in [1.54, 1.807) is 6.07 Å². The van der Waals surface area contributed by atoms with Crippen LogP contribution < -0.4 is 5.32 Å². The fourth-order valence-corrected chi connectivity index (χ4v) is 1.79. The van der Waals surface area contributed by atoms with Gasteiger partial charge in [0.15, 0.2) is 0 Å². The Hall–Kier alpha value is -0.860. The monoisotopic (exact) mass is 241 g/mol. The van der Waals surface area contributed by atoms with Gasteiger partial charge in [0.05, 0.1) is 5.02 Å². The van der Waals surface area contributed by atoms with Crippen molar-refractivity contribution in [2.45, 2.75) is 25.3 Å². The molecule has 0 spiro atoms. The van der Waals surface area contributed by atoms with Gasteiger partial charge in [0.1, 0.15) is 5.82 Å². The Morgan fingerprint density at radius 1 is 1.56 bits per heavy atom. The van der Waals surface area contributed by atoms with Crippen molar-refractivity contribution in [1.82, 2.24) is 5.32 Å². The first-order valence-corrected chi connectivity index (χ1v) is 5.80. The Labute approximate surface area is 101 Å². The maximum atomic E-state index is 13.3. The first-order chi connectivity index (χ1) is 7.69. The predicted octanol–water partition coefficient (Wildman–Crippen LogP) is 4.10. The SMILES string of the molecule is C=CCCCC(NC)c1ccc(Cl)c(F)c1. The van der Waals surface area contributed by atoms with E-state index in [2.05, 4.69) is 11.9 Å². The van der Waals surface area contributed by atoms with Gasteiger partial charge < -0.3 is 5.32 Å². The average molecular weight is 242 g/mol. The van der Waals surface area contributed by atoms with Crippen LogP contribution in [0.3, 0.4) is 0 Å². The normalized spacial score (nSPS) is 12.4. The topological polar surface area (TPSA) is 12.0 Å². The summed E-state index contributed by atoms with van der Waals surface area (Å²) < 4.78 is 13.3. The lowest BCUT2D eigenvalue weighted by molar-refractivity contribution is 0.525. The minimum absolute atomic E-state index is 0.171. The molecule has 1 N–H and O–H groups in total. The predicted molar refractivity (Wildman–Crippen MR) is 67.3 cm³/mol. The smallest absolute Gasteiger partial charge is 0.142 e. The maximum absolute atomic E-state index is 13.3. The summed E-state index contributed by atoms with van der Waals surface area (Å²) in [4.78, 5) is 0. The first-order valence-electron chi connectivity index (χ1n) is 5.42. The van der Waals surface area contributed by atoms with Gasteiger partial charge in [-0.05, 0) is 44.0 Å². The number of benzene rings is 1. The van der Waals surface area contributed by atoms with E-state index in [9.17, 15) is 4.39 Å². The van der Waals surface area contributed by atoms with E-state index < -0.39 is 0 Å². The molecule has 0 aromatic heterocycles. The molecule has 0 bridgehead atoms. The van der Waals surface area contributed by atoms with Crippen molar-refractivity contribution in [2.75, 3.05) is 7.05 Å². The molecule has 0 fully saturated rings. The van der Waals surface area contributed by atoms with E-state index in [1.807, 2.05) is 19.2 Å². The lowest BCUT2D eigenvalue weighted by Crippen LogP contribution is -2.16. The van der Waals surface area contributed by atoms with Gasteiger partial charge >= 0.3 is 0 Å². The molecule has 1 aromatic rings. The Kier molecular flexibility index (Phi) is 5.50. The van der Waals surface area contributed by atoms with E-state index in [0.29, 0.717) is 0 Å². The molecule has 3 heteroatoms. The highest BCUT2D eigenvalue weighted by molar-refractivity contribution is 6.30. The zero-order valence-corrected chi connectivity index (χ0v) is 10.2. The molecule has 1 atom stereocenters. The van der Waals surface area contributed by atoms with Crippen LogP contribution >= 0.6 is 11.6 Å². The van der Waals surface area contributed by atoms with Crippen LogP contribution in [0.5, 0.6) is 0 Å². The number of hydrogen-bond acceptors (Lipinski definition) is 1. The van der Waals surface area contributed by atoms with Crippen molar-refractivity contribution in [2.24, 2.45) is 0 Å². The van der Waals surface area contributed by atoms with E-state index >= 15 is 0 Å². The zero-order valence-electron chi connectivity index (χ0n) is 9.47. The van der Waals surface area contributed by atoms with Gasteiger partial charge in [0, 0.05) is 6.04 Å². The van der Waals surface area contributed by atoms with Crippen LogP contribution in [0.4, 0.5) is 4.39 Å². The molecule has 0 heterocycles. The molecule has 0 saturated heterocycles. The van der Waals surface area contributed by atoms with E-state index in [4.69, 9.17) is 11.6 Å². The van der Waals surface area contributed by atoms with Gasteiger partial charge in [0.25, 0.3) is 0 Å². The molecule has 0 amide bonds. The molecular formula is C13H17ClFN. The van der Waals surface area contributed by atoms with Crippen molar-refractivity contribution in [1.29, 1.82) is 0 Å². The second-order valence-corrected chi connectivity index (χ2v) is 4.14. The minimum atomic E-state index is -0.358. The number of allylic oxidation sites excluding steroid dienone is 1. The van der Waals surface area contributed by atoms with Crippen LogP contribution in [0.25, 0.3) is 0 Å². The molecule has 0 aliphatic carbocycles. The van der Waals surface area contributed by atoms with E-state index in [0.717, 1.165) is 24.8 Å². The molecule has 0 aliphatic rings. The van der Waals surface area contributed by atoms with Gasteiger partial charge in [-0.1, -0.05) is 23.7 Å². The molecule has 0 saturated carbocycles. The molecule has 0 radical (unpaired) electrons. The molecule has 1 aromatic carbocycles.